The fourth-order valence-corrected chi connectivity index (χ4v) is 6.84. The summed E-state index contributed by atoms with van der Waals surface area (Å²) in [6.45, 7) is 7.48. The van der Waals surface area contributed by atoms with E-state index in [2.05, 4.69) is 18.7 Å². The van der Waals surface area contributed by atoms with E-state index in [9.17, 15) is 0 Å². The molecule has 2 aromatic carbocycles. The minimum absolute atomic E-state index is 0.232. The first kappa shape index (κ1) is 30.6. The van der Waals surface area contributed by atoms with Crippen LogP contribution in [0.15, 0.2) is 67.3 Å². The van der Waals surface area contributed by atoms with Crippen LogP contribution in [0.3, 0.4) is 0 Å². The van der Waals surface area contributed by atoms with Gasteiger partial charge in [0.1, 0.15) is 5.82 Å². The number of rotatable bonds is 12. The molecule has 0 aliphatic heterocycles. The molecule has 2 aromatic rings. The van der Waals surface area contributed by atoms with Gasteiger partial charge >= 0.3 is 6.11 Å². The summed E-state index contributed by atoms with van der Waals surface area (Å²) in [5.74, 6) is 1.35. The van der Waals surface area contributed by atoms with E-state index < -0.39 is 23.6 Å². The Morgan fingerprint density at radius 2 is 1.40 bits per heavy atom. The number of hydrogen-bond donors (Lipinski definition) is 0. The van der Waals surface area contributed by atoms with Crippen LogP contribution < -0.4 is 0 Å². The van der Waals surface area contributed by atoms with Crippen molar-refractivity contribution in [2.45, 2.75) is 115 Å². The quantitative estimate of drug-likeness (QED) is 0.238. The third-order valence-corrected chi connectivity index (χ3v) is 9.43. The van der Waals surface area contributed by atoms with Gasteiger partial charge in [-0.15, -0.1) is 6.58 Å². The summed E-state index contributed by atoms with van der Waals surface area (Å²) < 4.78 is 50.5. The van der Waals surface area contributed by atoms with E-state index in [1.807, 2.05) is 37.3 Å². The van der Waals surface area contributed by atoms with E-state index in [1.165, 1.54) is 56.2 Å². The van der Waals surface area contributed by atoms with Crippen molar-refractivity contribution in [3.05, 3.63) is 95.3 Å². The maximum atomic E-state index is 15.1. The van der Waals surface area contributed by atoms with Crippen molar-refractivity contribution in [2.24, 2.45) is 11.8 Å². The molecule has 0 bridgehead atoms. The van der Waals surface area contributed by atoms with Crippen LogP contribution in [0.1, 0.15) is 131 Å². The highest BCUT2D eigenvalue weighted by Crippen LogP contribution is 2.42. The molecule has 0 N–H and O–H groups in total. The zero-order chi connectivity index (χ0) is 28.5. The van der Waals surface area contributed by atoms with Crippen LogP contribution in [0, 0.1) is 17.7 Å². The molecule has 0 aromatic heterocycles. The second kappa shape index (κ2) is 14.5. The topological polar surface area (TPSA) is 9.23 Å². The smallest absolute Gasteiger partial charge is 0.309 e. The Morgan fingerprint density at radius 1 is 0.850 bits per heavy atom. The molecule has 0 amide bonds. The Kier molecular flexibility index (Phi) is 11.1. The third-order valence-electron chi connectivity index (χ3n) is 9.43. The lowest BCUT2D eigenvalue weighted by Crippen LogP contribution is -2.22. The van der Waals surface area contributed by atoms with Crippen LogP contribution in [0.25, 0.3) is 0 Å². The van der Waals surface area contributed by atoms with Crippen LogP contribution in [0.5, 0.6) is 0 Å². The molecule has 0 saturated heterocycles. The lowest BCUT2D eigenvalue weighted by molar-refractivity contribution is -0.273. The number of halogens is 3. The SMILES string of the molecule is C=CCCC1CCC(c2ccc(C(C)OC(F)(F)c3ccc(C4CCC(CC/C=C/C)CC4)cc3F)cc2)CC1. The van der Waals surface area contributed by atoms with E-state index in [4.69, 9.17) is 4.74 Å². The lowest BCUT2D eigenvalue weighted by Gasteiger charge is -2.29. The number of hydrogen-bond acceptors (Lipinski definition) is 1. The van der Waals surface area contributed by atoms with Crippen molar-refractivity contribution in [2.75, 3.05) is 0 Å². The van der Waals surface area contributed by atoms with Gasteiger partial charge in [-0.3, -0.25) is 0 Å². The summed E-state index contributed by atoms with van der Waals surface area (Å²) in [6, 6.07) is 12.1. The predicted octanol–water partition coefficient (Wildman–Crippen LogP) is 11.5. The molecule has 1 unspecified atom stereocenters. The van der Waals surface area contributed by atoms with Crippen molar-refractivity contribution in [1.29, 1.82) is 0 Å². The molecule has 2 fully saturated rings. The average Bonchev–Trinajstić information content (AvgIpc) is 2.96. The summed E-state index contributed by atoms with van der Waals surface area (Å²) in [5, 5.41) is 0. The molecule has 0 spiro atoms. The minimum Gasteiger partial charge on any atom is -0.309 e. The van der Waals surface area contributed by atoms with Crippen molar-refractivity contribution in [3.63, 3.8) is 0 Å². The molecule has 2 saturated carbocycles. The molecular weight excluding hydrogens is 505 g/mol. The highest BCUT2D eigenvalue weighted by atomic mass is 19.3. The molecule has 1 nitrogen and oxygen atoms in total. The summed E-state index contributed by atoms with van der Waals surface area (Å²) in [5.41, 5.74) is 2.07. The van der Waals surface area contributed by atoms with Crippen molar-refractivity contribution < 1.29 is 17.9 Å². The van der Waals surface area contributed by atoms with Gasteiger partial charge in [0.15, 0.2) is 0 Å². The third kappa shape index (κ3) is 8.12. The fourth-order valence-electron chi connectivity index (χ4n) is 6.84. The molecule has 218 valence electrons. The number of ether oxygens (including phenoxy) is 1. The number of allylic oxidation sites excluding steroid dienone is 3. The van der Waals surface area contributed by atoms with E-state index in [0.717, 1.165) is 50.0 Å². The molecule has 4 rings (SSSR count). The van der Waals surface area contributed by atoms with Crippen LogP contribution in [-0.4, -0.2) is 0 Å². The minimum atomic E-state index is -3.71. The summed E-state index contributed by atoms with van der Waals surface area (Å²) >= 11 is 0. The summed E-state index contributed by atoms with van der Waals surface area (Å²) in [4.78, 5) is 0. The first-order valence-electron chi connectivity index (χ1n) is 15.5. The zero-order valence-corrected chi connectivity index (χ0v) is 24.4. The van der Waals surface area contributed by atoms with Crippen LogP contribution in [-0.2, 0) is 10.8 Å². The second-order valence-electron chi connectivity index (χ2n) is 12.1. The number of alkyl halides is 2. The first-order valence-corrected chi connectivity index (χ1v) is 15.5. The predicted molar refractivity (Wildman–Crippen MR) is 159 cm³/mol. The average molecular weight is 553 g/mol. The maximum Gasteiger partial charge on any atom is 0.386 e. The van der Waals surface area contributed by atoms with Crippen molar-refractivity contribution in [3.8, 4) is 0 Å². The zero-order valence-electron chi connectivity index (χ0n) is 24.4. The van der Waals surface area contributed by atoms with Crippen LogP contribution in [0.2, 0.25) is 0 Å². The monoisotopic (exact) mass is 552 g/mol. The molecule has 0 heterocycles. The van der Waals surface area contributed by atoms with E-state index >= 15 is 13.2 Å². The molecule has 1 atom stereocenters. The largest absolute Gasteiger partial charge is 0.386 e. The Labute approximate surface area is 239 Å². The fraction of sp³-hybridized carbons (Fsp3) is 0.556. The highest BCUT2D eigenvalue weighted by Gasteiger charge is 2.38. The van der Waals surface area contributed by atoms with Gasteiger partial charge in [-0.05, 0) is 143 Å². The Bertz CT molecular complexity index is 1090. The Hall–Kier alpha value is -2.33. The maximum absolute atomic E-state index is 15.1. The normalized spacial score (nSPS) is 24.7. The molecule has 2 aliphatic rings. The van der Waals surface area contributed by atoms with Crippen molar-refractivity contribution >= 4 is 0 Å². The van der Waals surface area contributed by atoms with Gasteiger partial charge in [-0.2, -0.15) is 8.78 Å². The molecule has 4 heteroatoms. The van der Waals surface area contributed by atoms with Gasteiger partial charge in [0.25, 0.3) is 0 Å². The second-order valence-corrected chi connectivity index (χ2v) is 12.1. The summed E-state index contributed by atoms with van der Waals surface area (Å²) in [7, 11) is 0. The Balaban J connectivity index is 1.31. The van der Waals surface area contributed by atoms with Crippen LogP contribution >= 0.6 is 0 Å². The number of benzene rings is 2. The molecule has 40 heavy (non-hydrogen) atoms. The van der Waals surface area contributed by atoms with Gasteiger partial charge in [0.05, 0.1) is 11.7 Å². The molecule has 2 aliphatic carbocycles. The van der Waals surface area contributed by atoms with Gasteiger partial charge in [-0.25, -0.2) is 4.39 Å². The van der Waals surface area contributed by atoms with Gasteiger partial charge in [-0.1, -0.05) is 48.6 Å². The van der Waals surface area contributed by atoms with E-state index in [0.29, 0.717) is 17.4 Å². The standard InChI is InChI=1S/C36H47F3O/c1-4-6-8-10-28-13-17-32(18-14-28)33-23-24-34(35(37)25-33)36(38,39)40-26(3)29-19-21-31(22-20-29)30-15-11-27(12-16-30)9-7-5-2/h4-6,19-28,30,32H,2,7-18H2,1,3H3/b6-4+. The van der Waals surface area contributed by atoms with Gasteiger partial charge in [0.2, 0.25) is 0 Å². The lowest BCUT2D eigenvalue weighted by atomic mass is 9.77. The van der Waals surface area contributed by atoms with Gasteiger partial charge < -0.3 is 4.74 Å². The summed E-state index contributed by atoms with van der Waals surface area (Å²) in [6.07, 6.45) is 15.3. The molecular formula is C36H47F3O. The van der Waals surface area contributed by atoms with E-state index in [-0.39, 0.29) is 5.92 Å². The first-order chi connectivity index (χ1) is 19.3. The highest BCUT2D eigenvalue weighted by molar-refractivity contribution is 5.30. The van der Waals surface area contributed by atoms with Crippen LogP contribution in [0.4, 0.5) is 13.2 Å². The molecule has 0 radical (unpaired) electrons. The Morgan fingerprint density at radius 3 is 1.95 bits per heavy atom. The van der Waals surface area contributed by atoms with Crippen molar-refractivity contribution in [1.82, 2.24) is 0 Å². The van der Waals surface area contributed by atoms with Gasteiger partial charge in [0, 0.05) is 0 Å². The van der Waals surface area contributed by atoms with E-state index in [1.54, 1.807) is 13.0 Å².